The first-order chi connectivity index (χ1) is 8.09. The summed E-state index contributed by atoms with van der Waals surface area (Å²) < 4.78 is 5.49. The molecular formula is C13H11ClO3. The summed E-state index contributed by atoms with van der Waals surface area (Å²) >= 11 is 6.17. The molecule has 0 unspecified atom stereocenters. The zero-order valence-corrected chi connectivity index (χ0v) is 10.0. The first-order valence-corrected chi connectivity index (χ1v) is 5.92. The van der Waals surface area contributed by atoms with E-state index in [1.165, 1.54) is 0 Å². The maximum Gasteiger partial charge on any atom is 0.372 e. The minimum atomic E-state index is -1.02. The molecule has 1 saturated carbocycles. The number of hydrogen-bond acceptors (Lipinski definition) is 2. The molecule has 2 aromatic rings. The molecule has 1 aromatic carbocycles. The summed E-state index contributed by atoms with van der Waals surface area (Å²) in [4.78, 5) is 11.2. The number of carboxylic acid groups (broad SMARTS) is 1. The van der Waals surface area contributed by atoms with Crippen LogP contribution < -0.4 is 0 Å². The van der Waals surface area contributed by atoms with E-state index in [0.29, 0.717) is 16.5 Å². The van der Waals surface area contributed by atoms with Crippen molar-refractivity contribution >= 4 is 28.5 Å². The van der Waals surface area contributed by atoms with Gasteiger partial charge in [0.2, 0.25) is 5.76 Å². The van der Waals surface area contributed by atoms with E-state index in [2.05, 4.69) is 0 Å². The van der Waals surface area contributed by atoms with E-state index in [1.54, 1.807) is 6.07 Å². The molecule has 0 radical (unpaired) electrons. The topological polar surface area (TPSA) is 50.4 Å². The highest BCUT2D eigenvalue weighted by molar-refractivity contribution is 6.36. The summed E-state index contributed by atoms with van der Waals surface area (Å²) in [6.07, 6.45) is 2.03. The normalized spacial score (nSPS) is 15.4. The van der Waals surface area contributed by atoms with Crippen LogP contribution in [0.25, 0.3) is 11.0 Å². The number of furan rings is 1. The first kappa shape index (κ1) is 10.7. The molecule has 17 heavy (non-hydrogen) atoms. The molecule has 0 saturated heterocycles. The molecule has 0 aliphatic heterocycles. The second kappa shape index (κ2) is 3.50. The molecule has 3 rings (SSSR count). The lowest BCUT2D eigenvalue weighted by Gasteiger charge is -1.99. The van der Waals surface area contributed by atoms with Crippen molar-refractivity contribution in [2.75, 3.05) is 0 Å². The molecule has 1 aliphatic carbocycles. The van der Waals surface area contributed by atoms with Gasteiger partial charge < -0.3 is 9.52 Å². The van der Waals surface area contributed by atoms with E-state index in [4.69, 9.17) is 16.0 Å². The van der Waals surface area contributed by atoms with Crippen LogP contribution in [0.5, 0.6) is 0 Å². The number of hydrogen-bond donors (Lipinski definition) is 1. The molecule has 4 heteroatoms. The number of carboxylic acids is 1. The monoisotopic (exact) mass is 250 g/mol. The Morgan fingerprint density at radius 2 is 2.18 bits per heavy atom. The molecule has 1 heterocycles. The van der Waals surface area contributed by atoms with E-state index in [1.807, 2.05) is 13.0 Å². The van der Waals surface area contributed by atoms with Gasteiger partial charge in [0.15, 0.2) is 0 Å². The molecule has 1 aliphatic rings. The second-order valence-corrected chi connectivity index (χ2v) is 4.90. The fourth-order valence-electron chi connectivity index (χ4n) is 2.24. The summed E-state index contributed by atoms with van der Waals surface area (Å²) in [6.45, 7) is 1.89. The number of fused-ring (bicyclic) bond motifs is 1. The van der Waals surface area contributed by atoms with Gasteiger partial charge in [-0.05, 0) is 37.3 Å². The van der Waals surface area contributed by atoms with Crippen molar-refractivity contribution in [1.82, 2.24) is 0 Å². The maximum absolute atomic E-state index is 11.2. The van der Waals surface area contributed by atoms with Crippen LogP contribution in [0.3, 0.4) is 0 Å². The summed E-state index contributed by atoms with van der Waals surface area (Å²) in [6, 6.07) is 3.64. The lowest BCUT2D eigenvalue weighted by Crippen LogP contribution is -1.97. The Bertz CT molecular complexity index is 623. The summed E-state index contributed by atoms with van der Waals surface area (Å²) in [5.74, 6) is -0.668. The van der Waals surface area contributed by atoms with Crippen LogP contribution >= 0.6 is 11.6 Å². The van der Waals surface area contributed by atoms with Gasteiger partial charge in [0.25, 0.3) is 0 Å². The minimum Gasteiger partial charge on any atom is -0.475 e. The predicted molar refractivity (Wildman–Crippen MR) is 64.9 cm³/mol. The predicted octanol–water partition coefficient (Wildman–Crippen LogP) is 3.97. The third-order valence-electron chi connectivity index (χ3n) is 3.20. The van der Waals surface area contributed by atoms with Crippen molar-refractivity contribution in [1.29, 1.82) is 0 Å². The van der Waals surface area contributed by atoms with E-state index >= 15 is 0 Å². The summed E-state index contributed by atoms with van der Waals surface area (Å²) in [7, 11) is 0. The largest absolute Gasteiger partial charge is 0.475 e. The fourth-order valence-corrected chi connectivity index (χ4v) is 2.49. The zero-order valence-electron chi connectivity index (χ0n) is 9.29. The second-order valence-electron chi connectivity index (χ2n) is 4.49. The lowest BCUT2D eigenvalue weighted by atomic mass is 10.0. The number of rotatable bonds is 2. The standard InChI is InChI=1S/C13H11ClO3/c1-6-2-5-8(14)10-9(7-3-4-7)12(13(15)16)17-11(6)10/h2,5,7H,3-4H2,1H3,(H,15,16). The smallest absolute Gasteiger partial charge is 0.372 e. The van der Waals surface area contributed by atoms with E-state index in [0.717, 1.165) is 29.4 Å². The van der Waals surface area contributed by atoms with Crippen LogP contribution in [0.1, 0.15) is 40.4 Å². The third-order valence-corrected chi connectivity index (χ3v) is 3.52. The van der Waals surface area contributed by atoms with Gasteiger partial charge in [0, 0.05) is 10.9 Å². The zero-order chi connectivity index (χ0) is 12.2. The number of aryl methyl sites for hydroxylation is 1. The van der Waals surface area contributed by atoms with Gasteiger partial charge in [-0.1, -0.05) is 17.7 Å². The molecule has 1 aromatic heterocycles. The van der Waals surface area contributed by atoms with Crippen molar-refractivity contribution in [3.63, 3.8) is 0 Å². The molecule has 3 nitrogen and oxygen atoms in total. The van der Waals surface area contributed by atoms with Gasteiger partial charge in [-0.3, -0.25) is 0 Å². The van der Waals surface area contributed by atoms with Crippen molar-refractivity contribution in [2.24, 2.45) is 0 Å². The lowest BCUT2D eigenvalue weighted by molar-refractivity contribution is 0.0663. The van der Waals surface area contributed by atoms with E-state index < -0.39 is 5.97 Å². The number of carbonyl (C=O) groups is 1. The average Bonchev–Trinajstić information content (AvgIpc) is 3.03. The number of aromatic carboxylic acids is 1. The van der Waals surface area contributed by atoms with Crippen LogP contribution in [0.4, 0.5) is 0 Å². The Kier molecular flexibility index (Phi) is 2.20. The van der Waals surface area contributed by atoms with Gasteiger partial charge >= 0.3 is 5.97 Å². The Labute approximate surface area is 103 Å². The first-order valence-electron chi connectivity index (χ1n) is 5.54. The summed E-state index contributed by atoms with van der Waals surface area (Å²) in [5.41, 5.74) is 2.30. The Balaban J connectivity index is 2.42. The highest BCUT2D eigenvalue weighted by atomic mass is 35.5. The SMILES string of the molecule is Cc1ccc(Cl)c2c(C3CC3)c(C(=O)O)oc12. The summed E-state index contributed by atoms with van der Waals surface area (Å²) in [5, 5.41) is 10.5. The molecule has 0 amide bonds. The highest BCUT2D eigenvalue weighted by Gasteiger charge is 2.34. The number of benzene rings is 1. The van der Waals surface area contributed by atoms with Gasteiger partial charge in [0.05, 0.1) is 5.02 Å². The Hall–Kier alpha value is -1.48. The van der Waals surface area contributed by atoms with Crippen molar-refractivity contribution in [3.05, 3.63) is 34.0 Å². The Morgan fingerprint density at radius 3 is 2.76 bits per heavy atom. The molecule has 88 valence electrons. The molecular weight excluding hydrogens is 240 g/mol. The van der Waals surface area contributed by atoms with Crippen LogP contribution in [0.2, 0.25) is 5.02 Å². The molecule has 1 fully saturated rings. The van der Waals surface area contributed by atoms with Crippen molar-refractivity contribution < 1.29 is 14.3 Å². The van der Waals surface area contributed by atoms with Crippen LogP contribution in [0.15, 0.2) is 16.5 Å². The highest BCUT2D eigenvalue weighted by Crippen LogP contribution is 2.48. The van der Waals surface area contributed by atoms with E-state index in [-0.39, 0.29) is 5.76 Å². The van der Waals surface area contributed by atoms with E-state index in [9.17, 15) is 9.90 Å². The third kappa shape index (κ3) is 1.53. The molecule has 0 bridgehead atoms. The van der Waals surface area contributed by atoms with Crippen molar-refractivity contribution in [2.45, 2.75) is 25.7 Å². The maximum atomic E-state index is 11.2. The minimum absolute atomic E-state index is 0.0544. The van der Waals surface area contributed by atoms with Gasteiger partial charge in [-0.2, -0.15) is 0 Å². The van der Waals surface area contributed by atoms with Crippen molar-refractivity contribution in [3.8, 4) is 0 Å². The van der Waals surface area contributed by atoms with Crippen LogP contribution in [0, 0.1) is 6.92 Å². The molecule has 1 N–H and O–H groups in total. The van der Waals surface area contributed by atoms with Crippen LogP contribution in [-0.4, -0.2) is 11.1 Å². The quantitative estimate of drug-likeness (QED) is 0.877. The molecule has 0 atom stereocenters. The van der Waals surface area contributed by atoms with Crippen LogP contribution in [-0.2, 0) is 0 Å². The van der Waals surface area contributed by atoms with Gasteiger partial charge in [0.1, 0.15) is 5.58 Å². The van der Waals surface area contributed by atoms with Gasteiger partial charge in [-0.25, -0.2) is 4.79 Å². The Morgan fingerprint density at radius 1 is 1.47 bits per heavy atom. The average molecular weight is 251 g/mol. The molecule has 0 spiro atoms. The van der Waals surface area contributed by atoms with Gasteiger partial charge in [-0.15, -0.1) is 0 Å². The number of halogens is 1. The fraction of sp³-hybridized carbons (Fsp3) is 0.308.